The molecular formula is C24H45N3O5. The highest BCUT2D eigenvalue weighted by Crippen LogP contribution is 2.30. The van der Waals surface area contributed by atoms with Crippen molar-refractivity contribution in [3.63, 3.8) is 0 Å². The Hall–Kier alpha value is -1.35. The summed E-state index contributed by atoms with van der Waals surface area (Å²) in [5, 5.41) is 0. The molecule has 0 aromatic carbocycles. The van der Waals surface area contributed by atoms with Gasteiger partial charge in [-0.15, -0.1) is 0 Å². The Morgan fingerprint density at radius 3 is 2.28 bits per heavy atom. The largest absolute Gasteiger partial charge is 0.383 e. The van der Waals surface area contributed by atoms with E-state index in [9.17, 15) is 14.4 Å². The first-order valence-electron chi connectivity index (χ1n) is 11.7. The van der Waals surface area contributed by atoms with E-state index >= 15 is 0 Å². The molecule has 8 nitrogen and oxygen atoms in total. The molecule has 2 atom stereocenters. The number of likely N-dealkylation sites (N-methyl/N-ethyl adjacent to an activating group) is 2. The van der Waals surface area contributed by atoms with E-state index in [2.05, 4.69) is 11.9 Å². The van der Waals surface area contributed by atoms with Crippen LogP contribution in [0.4, 0.5) is 0 Å². The molecule has 1 aliphatic rings. The van der Waals surface area contributed by atoms with Gasteiger partial charge in [-0.3, -0.25) is 14.5 Å². The highest BCUT2D eigenvalue weighted by molar-refractivity contribution is 5.92. The Morgan fingerprint density at radius 1 is 1.16 bits per heavy atom. The number of methoxy groups -OCH3 is 2. The SMILES string of the molecule is COCC1(N(C)CCC[C@](C)(CCC(=O)C(C)C=O)OC)CCN(C(=O)CN(C)C)CC1. The van der Waals surface area contributed by atoms with Crippen LogP contribution in [0.25, 0.3) is 0 Å². The number of carbonyl (C=O) groups is 3. The molecule has 8 heteroatoms. The standard InChI is InChI=1S/C24H45N3O5/c1-20(18-28)21(29)9-11-23(2,32-7)10-8-14-26(5)24(19-31-6)12-15-27(16-13-24)22(30)17-25(3)4/h18,20H,8-17,19H2,1-7H3/t20?,23-/m1/s1. The molecular weight excluding hydrogens is 410 g/mol. The Labute approximate surface area is 194 Å². The van der Waals surface area contributed by atoms with Gasteiger partial charge in [0.1, 0.15) is 12.1 Å². The Kier molecular flexibility index (Phi) is 12.0. The summed E-state index contributed by atoms with van der Waals surface area (Å²) < 4.78 is 11.3. The van der Waals surface area contributed by atoms with E-state index in [1.165, 1.54) is 0 Å². The van der Waals surface area contributed by atoms with Crippen molar-refractivity contribution in [3.8, 4) is 0 Å². The number of hydrogen-bond donors (Lipinski definition) is 0. The third-order valence-corrected chi connectivity index (χ3v) is 7.03. The van der Waals surface area contributed by atoms with Crippen LogP contribution in [0.3, 0.4) is 0 Å². The lowest BCUT2D eigenvalue weighted by atomic mass is 9.85. The van der Waals surface area contributed by atoms with E-state index in [0.29, 0.717) is 32.3 Å². The summed E-state index contributed by atoms with van der Waals surface area (Å²) in [5.41, 5.74) is -0.474. The molecule has 1 saturated heterocycles. The number of likely N-dealkylation sites (tertiary alicyclic amines) is 1. The number of nitrogens with zero attached hydrogens (tertiary/aromatic N) is 3. The molecule has 0 radical (unpaired) electrons. The number of ketones is 1. The molecule has 1 fully saturated rings. The average Bonchev–Trinajstić information content (AvgIpc) is 2.76. The maximum Gasteiger partial charge on any atom is 0.236 e. The van der Waals surface area contributed by atoms with Gasteiger partial charge in [0.2, 0.25) is 5.91 Å². The van der Waals surface area contributed by atoms with E-state index in [4.69, 9.17) is 9.47 Å². The summed E-state index contributed by atoms with van der Waals surface area (Å²) in [6, 6.07) is 0. The summed E-state index contributed by atoms with van der Waals surface area (Å²) in [4.78, 5) is 41.5. The van der Waals surface area contributed by atoms with E-state index < -0.39 is 11.5 Å². The lowest BCUT2D eigenvalue weighted by Gasteiger charge is -2.47. The second kappa shape index (κ2) is 13.4. The first kappa shape index (κ1) is 28.7. The van der Waals surface area contributed by atoms with Gasteiger partial charge >= 0.3 is 0 Å². The van der Waals surface area contributed by atoms with Crippen LogP contribution < -0.4 is 0 Å². The van der Waals surface area contributed by atoms with Crippen LogP contribution in [0.1, 0.15) is 52.4 Å². The van der Waals surface area contributed by atoms with Gasteiger partial charge in [-0.2, -0.15) is 0 Å². The molecule has 0 saturated carbocycles. The predicted octanol–water partition coefficient (Wildman–Crippen LogP) is 1.86. The van der Waals surface area contributed by atoms with Crippen molar-refractivity contribution in [2.75, 3.05) is 68.1 Å². The maximum atomic E-state index is 12.4. The van der Waals surface area contributed by atoms with Crippen molar-refractivity contribution in [2.24, 2.45) is 5.92 Å². The van der Waals surface area contributed by atoms with Crippen molar-refractivity contribution in [3.05, 3.63) is 0 Å². The van der Waals surface area contributed by atoms with Gasteiger partial charge in [0, 0.05) is 39.3 Å². The summed E-state index contributed by atoms with van der Waals surface area (Å²) in [6.07, 6.45) is 5.18. The summed E-state index contributed by atoms with van der Waals surface area (Å²) in [6.45, 7) is 7.12. The van der Waals surface area contributed by atoms with Crippen LogP contribution in [0.5, 0.6) is 0 Å². The Balaban J connectivity index is 2.61. The zero-order valence-electron chi connectivity index (χ0n) is 21.3. The second-order valence-corrected chi connectivity index (χ2v) is 9.85. The highest BCUT2D eigenvalue weighted by Gasteiger charge is 2.39. The zero-order valence-corrected chi connectivity index (χ0v) is 21.3. The van der Waals surface area contributed by atoms with Crippen molar-refractivity contribution in [2.45, 2.75) is 63.5 Å². The van der Waals surface area contributed by atoms with Crippen molar-refractivity contribution in [1.82, 2.24) is 14.7 Å². The fraction of sp³-hybridized carbons (Fsp3) is 0.875. The average molecular weight is 456 g/mol. The van der Waals surface area contributed by atoms with Gasteiger partial charge in [0.25, 0.3) is 0 Å². The van der Waals surface area contributed by atoms with Gasteiger partial charge in [0.15, 0.2) is 0 Å². The molecule has 0 aliphatic carbocycles. The molecule has 0 aromatic rings. The van der Waals surface area contributed by atoms with E-state index in [0.717, 1.165) is 45.3 Å². The van der Waals surface area contributed by atoms with Gasteiger partial charge in [-0.25, -0.2) is 0 Å². The number of rotatable bonds is 15. The molecule has 1 rings (SSSR count). The minimum atomic E-state index is -0.549. The minimum Gasteiger partial charge on any atom is -0.383 e. The number of piperidine rings is 1. The van der Waals surface area contributed by atoms with Gasteiger partial charge in [0.05, 0.1) is 24.7 Å². The van der Waals surface area contributed by atoms with Crippen LogP contribution in [0, 0.1) is 5.92 Å². The van der Waals surface area contributed by atoms with E-state index in [-0.39, 0.29) is 17.2 Å². The smallest absolute Gasteiger partial charge is 0.236 e. The first-order valence-corrected chi connectivity index (χ1v) is 11.7. The van der Waals surface area contributed by atoms with Gasteiger partial charge in [-0.05, 0) is 73.6 Å². The molecule has 32 heavy (non-hydrogen) atoms. The fourth-order valence-electron chi connectivity index (χ4n) is 4.40. The second-order valence-electron chi connectivity index (χ2n) is 9.85. The maximum absolute atomic E-state index is 12.4. The normalized spacial score (nSPS) is 19.1. The highest BCUT2D eigenvalue weighted by atomic mass is 16.5. The van der Waals surface area contributed by atoms with Crippen LogP contribution in [-0.4, -0.2) is 112 Å². The number of hydrogen-bond acceptors (Lipinski definition) is 7. The van der Waals surface area contributed by atoms with Crippen LogP contribution in [-0.2, 0) is 23.9 Å². The van der Waals surface area contributed by atoms with E-state index in [1.807, 2.05) is 30.8 Å². The van der Waals surface area contributed by atoms with Gasteiger partial charge < -0.3 is 24.1 Å². The number of carbonyl (C=O) groups excluding carboxylic acids is 3. The molecule has 1 amide bonds. The topological polar surface area (TPSA) is 79.4 Å². The number of amides is 1. The van der Waals surface area contributed by atoms with Crippen molar-refractivity contribution < 1.29 is 23.9 Å². The van der Waals surface area contributed by atoms with Gasteiger partial charge in [-0.1, -0.05) is 0 Å². The number of ether oxygens (including phenoxy) is 2. The lowest BCUT2D eigenvalue weighted by Crippen LogP contribution is -2.58. The number of Topliss-reactive ketones (excluding diaryl/α,β-unsaturated/α-hetero) is 1. The number of aldehydes is 1. The summed E-state index contributed by atoms with van der Waals surface area (Å²) in [5.74, 6) is -0.403. The van der Waals surface area contributed by atoms with Crippen molar-refractivity contribution in [1.29, 1.82) is 0 Å². The summed E-state index contributed by atoms with van der Waals surface area (Å²) in [7, 11) is 9.38. The fourth-order valence-corrected chi connectivity index (χ4v) is 4.40. The zero-order chi connectivity index (χ0) is 24.4. The molecule has 1 unspecified atom stereocenters. The molecule has 1 aliphatic heterocycles. The molecule has 186 valence electrons. The molecule has 0 bridgehead atoms. The molecule has 0 spiro atoms. The third-order valence-electron chi connectivity index (χ3n) is 7.03. The van der Waals surface area contributed by atoms with Crippen LogP contribution in [0.15, 0.2) is 0 Å². The quantitative estimate of drug-likeness (QED) is 0.275. The third kappa shape index (κ3) is 8.54. The molecule has 1 heterocycles. The lowest BCUT2D eigenvalue weighted by molar-refractivity contribution is -0.135. The predicted molar refractivity (Wildman–Crippen MR) is 126 cm³/mol. The molecule has 0 N–H and O–H groups in total. The first-order chi connectivity index (χ1) is 15.0. The minimum absolute atomic E-state index is 0.0324. The Morgan fingerprint density at radius 2 is 1.78 bits per heavy atom. The monoisotopic (exact) mass is 455 g/mol. The Bertz CT molecular complexity index is 604. The van der Waals surface area contributed by atoms with E-state index in [1.54, 1.807) is 21.1 Å². The van der Waals surface area contributed by atoms with Crippen LogP contribution >= 0.6 is 0 Å². The van der Waals surface area contributed by atoms with Crippen LogP contribution in [0.2, 0.25) is 0 Å². The molecule has 0 aromatic heterocycles. The van der Waals surface area contributed by atoms with Crippen molar-refractivity contribution >= 4 is 18.0 Å². The summed E-state index contributed by atoms with van der Waals surface area (Å²) >= 11 is 0.